The van der Waals surface area contributed by atoms with Crippen molar-refractivity contribution < 1.29 is 4.42 Å². The number of unbranched alkanes of at least 4 members (excludes halogenated alkanes) is 3. The first-order valence-corrected chi connectivity index (χ1v) is 13.8. The lowest BCUT2D eigenvalue weighted by atomic mass is 9.99. The van der Waals surface area contributed by atoms with E-state index in [4.69, 9.17) is 9.40 Å². The summed E-state index contributed by atoms with van der Waals surface area (Å²) in [5, 5.41) is 2.25. The maximum atomic E-state index is 6.37. The summed E-state index contributed by atoms with van der Waals surface area (Å²) in [5.74, 6) is 0.940. The number of aryl methyl sites for hydroxylation is 3. The maximum absolute atomic E-state index is 6.37. The van der Waals surface area contributed by atoms with Crippen molar-refractivity contribution in [1.29, 1.82) is 0 Å². The second-order valence-corrected chi connectivity index (χ2v) is 10.4. The number of hydrogen-bond donors (Lipinski definition) is 0. The van der Waals surface area contributed by atoms with Crippen molar-refractivity contribution >= 4 is 21.9 Å². The molecule has 0 bridgehead atoms. The van der Waals surface area contributed by atoms with Crippen molar-refractivity contribution in [2.75, 3.05) is 0 Å². The zero-order valence-electron chi connectivity index (χ0n) is 22.5. The van der Waals surface area contributed by atoms with Gasteiger partial charge in [-0.05, 0) is 55.5 Å². The van der Waals surface area contributed by atoms with Crippen LogP contribution in [0.3, 0.4) is 0 Å². The Balaban J connectivity index is 1.50. The molecule has 0 saturated carbocycles. The van der Waals surface area contributed by atoms with Gasteiger partial charge in [-0.1, -0.05) is 99.0 Å². The number of nitrogens with zero attached hydrogens (tertiary/aromatic N) is 2. The predicted octanol–water partition coefficient (Wildman–Crippen LogP) is 9.85. The Bertz CT molecular complexity index is 1700. The first-order chi connectivity index (χ1) is 18.6. The van der Waals surface area contributed by atoms with Gasteiger partial charge in [0, 0.05) is 28.1 Å². The molecule has 2 heterocycles. The van der Waals surface area contributed by atoms with Gasteiger partial charge < -0.3 is 4.42 Å². The Labute approximate surface area is 224 Å². The molecule has 0 radical (unpaired) electrons. The minimum Gasteiger partial charge on any atom is -0.455 e. The highest BCUT2D eigenvalue weighted by Gasteiger charge is 2.19. The van der Waals surface area contributed by atoms with Gasteiger partial charge in [0.15, 0.2) is 0 Å². The van der Waals surface area contributed by atoms with E-state index in [0.717, 1.165) is 51.0 Å². The monoisotopic (exact) mass is 498 g/mol. The molecule has 0 unspecified atom stereocenters. The molecule has 2 aromatic heterocycles. The fourth-order valence-corrected chi connectivity index (χ4v) is 5.75. The summed E-state index contributed by atoms with van der Waals surface area (Å²) in [6.07, 6.45) is 8.44. The van der Waals surface area contributed by atoms with Crippen molar-refractivity contribution in [2.24, 2.45) is 0 Å². The third kappa shape index (κ3) is 4.43. The molecule has 6 rings (SSSR count). The topological polar surface area (TPSA) is 31.0 Å². The van der Waals surface area contributed by atoms with E-state index in [1.807, 2.05) is 12.1 Å². The van der Waals surface area contributed by atoms with Gasteiger partial charge in [-0.3, -0.25) is 4.57 Å². The van der Waals surface area contributed by atoms with Crippen LogP contribution in [0, 0.1) is 13.8 Å². The second-order valence-electron chi connectivity index (χ2n) is 10.4. The molecular weight excluding hydrogens is 464 g/mol. The summed E-state index contributed by atoms with van der Waals surface area (Å²) in [6, 6.07) is 29.8. The van der Waals surface area contributed by atoms with Gasteiger partial charge in [-0.25, -0.2) is 4.98 Å². The lowest BCUT2D eigenvalue weighted by Gasteiger charge is -2.16. The van der Waals surface area contributed by atoms with Crippen LogP contribution in [0.5, 0.6) is 0 Å². The molecule has 190 valence electrons. The SMILES string of the molecule is CCCCCCc1cc(C)c(-n2cc(-c3cccc4c3oc3ccccc34)nc2-c2ccccc2)c(C)c1. The smallest absolute Gasteiger partial charge is 0.145 e. The number of benzene rings is 4. The van der Waals surface area contributed by atoms with Crippen LogP contribution in [0.4, 0.5) is 0 Å². The van der Waals surface area contributed by atoms with Gasteiger partial charge in [0.2, 0.25) is 0 Å². The van der Waals surface area contributed by atoms with E-state index in [1.54, 1.807) is 0 Å². The standard InChI is InChI=1S/C35H34N2O/c1-4-5-6-8-14-26-21-24(2)33(25(3)22-26)37-23-31(36-35(37)27-15-9-7-10-16-27)30-19-13-18-29-28-17-11-12-20-32(28)38-34(29)30/h7,9-13,15-23H,4-6,8,14H2,1-3H3. The summed E-state index contributed by atoms with van der Waals surface area (Å²) in [4.78, 5) is 5.23. The molecule has 3 nitrogen and oxygen atoms in total. The van der Waals surface area contributed by atoms with Crippen molar-refractivity contribution in [2.45, 2.75) is 52.9 Å². The van der Waals surface area contributed by atoms with Gasteiger partial charge in [-0.15, -0.1) is 0 Å². The summed E-state index contributed by atoms with van der Waals surface area (Å²) in [6.45, 7) is 6.72. The van der Waals surface area contributed by atoms with Gasteiger partial charge in [0.25, 0.3) is 0 Å². The van der Waals surface area contributed by atoms with Crippen LogP contribution in [-0.2, 0) is 6.42 Å². The van der Waals surface area contributed by atoms with Crippen LogP contribution in [0.2, 0.25) is 0 Å². The Kier molecular flexibility index (Phi) is 6.59. The summed E-state index contributed by atoms with van der Waals surface area (Å²) in [7, 11) is 0. The Morgan fingerprint density at radius 2 is 1.50 bits per heavy atom. The van der Waals surface area contributed by atoms with E-state index in [-0.39, 0.29) is 0 Å². The van der Waals surface area contributed by atoms with Crippen LogP contribution >= 0.6 is 0 Å². The largest absolute Gasteiger partial charge is 0.455 e. The number of rotatable bonds is 8. The molecule has 0 saturated heterocycles. The van der Waals surface area contributed by atoms with Gasteiger partial charge in [0.1, 0.15) is 17.0 Å². The normalized spacial score (nSPS) is 11.6. The second kappa shape index (κ2) is 10.3. The Morgan fingerprint density at radius 3 is 2.29 bits per heavy atom. The molecule has 0 amide bonds. The van der Waals surface area contributed by atoms with Gasteiger partial charge in [-0.2, -0.15) is 0 Å². The summed E-state index contributed by atoms with van der Waals surface area (Å²) in [5.41, 5.74) is 9.99. The molecule has 0 aliphatic rings. The maximum Gasteiger partial charge on any atom is 0.145 e. The van der Waals surface area contributed by atoms with E-state index in [9.17, 15) is 0 Å². The zero-order chi connectivity index (χ0) is 26.1. The van der Waals surface area contributed by atoms with Crippen LogP contribution < -0.4 is 0 Å². The Hall–Kier alpha value is -4.11. The molecule has 0 N–H and O–H groups in total. The fourth-order valence-electron chi connectivity index (χ4n) is 5.75. The number of imidazole rings is 1. The zero-order valence-corrected chi connectivity index (χ0v) is 22.5. The van der Waals surface area contributed by atoms with Crippen molar-refractivity contribution in [3.05, 3.63) is 108 Å². The van der Waals surface area contributed by atoms with Gasteiger partial charge in [0.05, 0.1) is 11.4 Å². The molecule has 0 aliphatic carbocycles. The van der Waals surface area contributed by atoms with Crippen LogP contribution in [-0.4, -0.2) is 9.55 Å². The van der Waals surface area contributed by atoms with Crippen LogP contribution in [0.25, 0.3) is 50.3 Å². The fraction of sp³-hybridized carbons (Fsp3) is 0.229. The molecule has 0 aliphatic heterocycles. The third-order valence-electron chi connectivity index (χ3n) is 7.53. The lowest BCUT2D eigenvalue weighted by Crippen LogP contribution is -2.03. The molecule has 38 heavy (non-hydrogen) atoms. The van der Waals surface area contributed by atoms with E-state index < -0.39 is 0 Å². The quantitative estimate of drug-likeness (QED) is 0.196. The van der Waals surface area contributed by atoms with Crippen molar-refractivity contribution in [1.82, 2.24) is 9.55 Å². The highest BCUT2D eigenvalue weighted by Crippen LogP contribution is 2.37. The Morgan fingerprint density at radius 1 is 0.763 bits per heavy atom. The lowest BCUT2D eigenvalue weighted by molar-refractivity contribution is 0.666. The molecular formula is C35H34N2O. The van der Waals surface area contributed by atoms with E-state index in [2.05, 4.69) is 104 Å². The molecule has 0 spiro atoms. The number of para-hydroxylation sites is 2. The highest BCUT2D eigenvalue weighted by molar-refractivity contribution is 6.09. The average Bonchev–Trinajstić information content (AvgIpc) is 3.53. The third-order valence-corrected chi connectivity index (χ3v) is 7.53. The number of furan rings is 1. The highest BCUT2D eigenvalue weighted by atomic mass is 16.3. The number of aromatic nitrogens is 2. The summed E-state index contributed by atoms with van der Waals surface area (Å²) < 4.78 is 8.64. The van der Waals surface area contributed by atoms with Gasteiger partial charge >= 0.3 is 0 Å². The van der Waals surface area contributed by atoms with E-state index >= 15 is 0 Å². The van der Waals surface area contributed by atoms with E-state index in [0.29, 0.717) is 0 Å². The van der Waals surface area contributed by atoms with Crippen LogP contribution in [0.15, 0.2) is 95.5 Å². The summed E-state index contributed by atoms with van der Waals surface area (Å²) >= 11 is 0. The minimum absolute atomic E-state index is 0.883. The number of fused-ring (bicyclic) bond motifs is 3. The molecule has 0 fully saturated rings. The molecule has 3 heteroatoms. The molecule has 4 aromatic carbocycles. The van der Waals surface area contributed by atoms with Crippen molar-refractivity contribution in [3.8, 4) is 28.3 Å². The van der Waals surface area contributed by atoms with E-state index in [1.165, 1.54) is 48.1 Å². The minimum atomic E-state index is 0.883. The predicted molar refractivity (Wildman–Crippen MR) is 159 cm³/mol. The van der Waals surface area contributed by atoms with Crippen molar-refractivity contribution in [3.63, 3.8) is 0 Å². The average molecular weight is 499 g/mol. The van der Waals surface area contributed by atoms with Crippen LogP contribution in [0.1, 0.15) is 49.3 Å². The number of hydrogen-bond acceptors (Lipinski definition) is 2. The molecule has 0 atom stereocenters. The molecule has 6 aromatic rings. The first-order valence-electron chi connectivity index (χ1n) is 13.8. The first kappa shape index (κ1) is 24.2.